The van der Waals surface area contributed by atoms with Gasteiger partial charge in [0, 0.05) is 10.9 Å². The third-order valence-electron chi connectivity index (χ3n) is 2.85. The molecular weight excluding hydrogens is 242 g/mol. The largest absolute Gasteiger partial charge is 0.497 e. The molecule has 0 amide bonds. The molecule has 1 N–H and O–H groups in total. The average Bonchev–Trinajstić information content (AvgIpc) is 2.42. The molecule has 1 unspecified atom stereocenters. The fraction of sp³-hybridized carbons (Fsp3) is 0.600. The molecule has 0 aromatic heterocycles. The SMILES string of the molecule is CCCNC(C)CCCSc1ccc(OC)cc1. The number of benzene rings is 1. The number of thioether (sulfide) groups is 1. The van der Waals surface area contributed by atoms with E-state index >= 15 is 0 Å². The number of hydrogen-bond acceptors (Lipinski definition) is 3. The van der Waals surface area contributed by atoms with Gasteiger partial charge in [-0.3, -0.25) is 0 Å². The Hall–Kier alpha value is -0.670. The zero-order valence-electron chi connectivity index (χ0n) is 11.7. The molecule has 0 fully saturated rings. The highest BCUT2D eigenvalue weighted by atomic mass is 32.2. The number of hydrogen-bond donors (Lipinski definition) is 1. The third kappa shape index (κ3) is 6.31. The van der Waals surface area contributed by atoms with Crippen LogP contribution in [0.1, 0.15) is 33.1 Å². The first-order chi connectivity index (χ1) is 8.76. The number of rotatable bonds is 9. The summed E-state index contributed by atoms with van der Waals surface area (Å²) in [6, 6.07) is 8.94. The molecule has 2 nitrogen and oxygen atoms in total. The molecule has 0 saturated carbocycles. The lowest BCUT2D eigenvalue weighted by Gasteiger charge is -2.12. The van der Waals surface area contributed by atoms with Gasteiger partial charge in [0.25, 0.3) is 0 Å². The van der Waals surface area contributed by atoms with Crippen LogP contribution in [-0.4, -0.2) is 25.4 Å². The van der Waals surface area contributed by atoms with Crippen LogP contribution in [0.5, 0.6) is 5.75 Å². The van der Waals surface area contributed by atoms with Gasteiger partial charge in [0.05, 0.1) is 7.11 Å². The van der Waals surface area contributed by atoms with E-state index in [0.29, 0.717) is 6.04 Å². The Morgan fingerprint density at radius 1 is 1.28 bits per heavy atom. The Bertz CT molecular complexity index is 313. The van der Waals surface area contributed by atoms with Crippen molar-refractivity contribution in [2.24, 2.45) is 0 Å². The van der Waals surface area contributed by atoms with Crippen molar-refractivity contribution in [2.75, 3.05) is 19.4 Å². The van der Waals surface area contributed by atoms with Crippen LogP contribution in [0.15, 0.2) is 29.2 Å². The van der Waals surface area contributed by atoms with Crippen LogP contribution in [-0.2, 0) is 0 Å². The van der Waals surface area contributed by atoms with Crippen LogP contribution in [0.4, 0.5) is 0 Å². The first-order valence-electron chi connectivity index (χ1n) is 6.76. The van der Waals surface area contributed by atoms with Crippen LogP contribution in [0.25, 0.3) is 0 Å². The predicted octanol–water partition coefficient (Wildman–Crippen LogP) is 3.96. The molecule has 3 heteroatoms. The first-order valence-corrected chi connectivity index (χ1v) is 7.75. The maximum atomic E-state index is 5.15. The summed E-state index contributed by atoms with van der Waals surface area (Å²) in [6.07, 6.45) is 3.72. The summed E-state index contributed by atoms with van der Waals surface area (Å²) in [5.41, 5.74) is 0. The second-order valence-corrected chi connectivity index (χ2v) is 5.69. The minimum Gasteiger partial charge on any atom is -0.497 e. The molecule has 1 atom stereocenters. The van der Waals surface area contributed by atoms with Gasteiger partial charge < -0.3 is 10.1 Å². The predicted molar refractivity (Wildman–Crippen MR) is 80.7 cm³/mol. The summed E-state index contributed by atoms with van der Waals surface area (Å²) in [4.78, 5) is 1.32. The van der Waals surface area contributed by atoms with E-state index in [-0.39, 0.29) is 0 Å². The molecule has 18 heavy (non-hydrogen) atoms. The molecule has 1 aromatic rings. The molecule has 0 bridgehead atoms. The number of nitrogens with one attached hydrogen (secondary N) is 1. The molecule has 0 heterocycles. The van der Waals surface area contributed by atoms with E-state index < -0.39 is 0 Å². The van der Waals surface area contributed by atoms with E-state index in [1.54, 1.807) is 7.11 Å². The van der Waals surface area contributed by atoms with E-state index in [1.807, 2.05) is 23.9 Å². The highest BCUT2D eigenvalue weighted by Gasteiger charge is 2.00. The molecule has 1 rings (SSSR count). The highest BCUT2D eigenvalue weighted by molar-refractivity contribution is 7.99. The molecule has 1 aromatic carbocycles. The fourth-order valence-corrected chi connectivity index (χ4v) is 2.62. The van der Waals surface area contributed by atoms with Crippen LogP contribution >= 0.6 is 11.8 Å². The van der Waals surface area contributed by atoms with Gasteiger partial charge in [0.2, 0.25) is 0 Å². The molecular formula is C15H25NOS. The summed E-state index contributed by atoms with van der Waals surface area (Å²) in [6.45, 7) is 5.61. The van der Waals surface area contributed by atoms with E-state index in [9.17, 15) is 0 Å². The first kappa shape index (κ1) is 15.4. The number of ether oxygens (including phenoxy) is 1. The monoisotopic (exact) mass is 267 g/mol. The van der Waals surface area contributed by atoms with Crippen LogP contribution < -0.4 is 10.1 Å². The van der Waals surface area contributed by atoms with E-state index in [2.05, 4.69) is 31.3 Å². The molecule has 0 saturated heterocycles. The van der Waals surface area contributed by atoms with E-state index in [1.165, 1.54) is 29.9 Å². The van der Waals surface area contributed by atoms with E-state index in [0.717, 1.165) is 12.3 Å². The van der Waals surface area contributed by atoms with Crippen molar-refractivity contribution in [3.63, 3.8) is 0 Å². The van der Waals surface area contributed by atoms with Gasteiger partial charge in [-0.25, -0.2) is 0 Å². The quantitative estimate of drug-likeness (QED) is 0.540. The summed E-state index contributed by atoms with van der Waals surface area (Å²) >= 11 is 1.92. The Morgan fingerprint density at radius 2 is 2.00 bits per heavy atom. The average molecular weight is 267 g/mol. The van der Waals surface area contributed by atoms with Crippen LogP contribution in [0, 0.1) is 0 Å². The Balaban J connectivity index is 2.13. The molecule has 0 aliphatic carbocycles. The minimum absolute atomic E-state index is 0.640. The van der Waals surface area contributed by atoms with Gasteiger partial charge in [-0.2, -0.15) is 0 Å². The fourth-order valence-electron chi connectivity index (χ4n) is 1.74. The van der Waals surface area contributed by atoms with Gasteiger partial charge in [0.1, 0.15) is 5.75 Å². The Morgan fingerprint density at radius 3 is 2.61 bits per heavy atom. The molecule has 102 valence electrons. The van der Waals surface area contributed by atoms with Crippen LogP contribution in [0.3, 0.4) is 0 Å². The summed E-state index contributed by atoms with van der Waals surface area (Å²) in [7, 11) is 1.70. The third-order valence-corrected chi connectivity index (χ3v) is 3.95. The normalized spacial score (nSPS) is 12.4. The van der Waals surface area contributed by atoms with Crippen molar-refractivity contribution < 1.29 is 4.74 Å². The van der Waals surface area contributed by atoms with Crippen molar-refractivity contribution in [3.05, 3.63) is 24.3 Å². The molecule has 0 aliphatic heterocycles. The van der Waals surface area contributed by atoms with E-state index in [4.69, 9.17) is 4.74 Å². The van der Waals surface area contributed by atoms with Gasteiger partial charge in [-0.05, 0) is 62.7 Å². The lowest BCUT2D eigenvalue weighted by atomic mass is 10.2. The van der Waals surface area contributed by atoms with Crippen molar-refractivity contribution in [2.45, 2.75) is 44.0 Å². The standard InChI is InChI=1S/C15H25NOS/c1-4-11-16-13(2)6-5-12-18-15-9-7-14(17-3)8-10-15/h7-10,13,16H,4-6,11-12H2,1-3H3. The van der Waals surface area contributed by atoms with Crippen molar-refractivity contribution >= 4 is 11.8 Å². The van der Waals surface area contributed by atoms with Gasteiger partial charge >= 0.3 is 0 Å². The number of methoxy groups -OCH3 is 1. The van der Waals surface area contributed by atoms with Crippen molar-refractivity contribution in [1.29, 1.82) is 0 Å². The Kier molecular flexibility index (Phi) is 7.94. The van der Waals surface area contributed by atoms with Crippen LogP contribution in [0.2, 0.25) is 0 Å². The highest BCUT2D eigenvalue weighted by Crippen LogP contribution is 2.22. The maximum absolute atomic E-state index is 5.15. The summed E-state index contributed by atoms with van der Waals surface area (Å²) in [5, 5.41) is 3.52. The lowest BCUT2D eigenvalue weighted by Crippen LogP contribution is -2.26. The smallest absolute Gasteiger partial charge is 0.118 e. The molecule has 0 spiro atoms. The minimum atomic E-state index is 0.640. The van der Waals surface area contributed by atoms with Crippen molar-refractivity contribution in [1.82, 2.24) is 5.32 Å². The zero-order valence-corrected chi connectivity index (χ0v) is 12.6. The van der Waals surface area contributed by atoms with Gasteiger partial charge in [0.15, 0.2) is 0 Å². The summed E-state index contributed by atoms with van der Waals surface area (Å²) < 4.78 is 5.15. The zero-order chi connectivity index (χ0) is 13.2. The summed E-state index contributed by atoms with van der Waals surface area (Å²) in [5.74, 6) is 2.11. The maximum Gasteiger partial charge on any atom is 0.118 e. The molecule has 0 radical (unpaired) electrons. The molecule has 0 aliphatic rings. The van der Waals surface area contributed by atoms with Gasteiger partial charge in [-0.1, -0.05) is 6.92 Å². The second kappa shape index (κ2) is 9.29. The van der Waals surface area contributed by atoms with Gasteiger partial charge in [-0.15, -0.1) is 11.8 Å². The second-order valence-electron chi connectivity index (χ2n) is 4.52. The topological polar surface area (TPSA) is 21.3 Å². The Labute approximate surface area is 116 Å². The van der Waals surface area contributed by atoms with Crippen molar-refractivity contribution in [3.8, 4) is 5.75 Å². The lowest BCUT2D eigenvalue weighted by molar-refractivity contribution is 0.414.